The molecule has 0 saturated heterocycles. The molecule has 2 aromatic rings. The molecule has 0 amide bonds. The number of likely N-dealkylation sites (N-methyl/N-ethyl adjacent to an activating group) is 1. The van der Waals surface area contributed by atoms with E-state index in [2.05, 4.69) is 21.2 Å². The Morgan fingerprint density at radius 3 is 2.62 bits per heavy atom. The maximum Gasteiger partial charge on any atom is 0.145 e. The van der Waals surface area contributed by atoms with Crippen LogP contribution in [-0.2, 0) is 6.42 Å². The van der Waals surface area contributed by atoms with Gasteiger partial charge in [0.15, 0.2) is 0 Å². The van der Waals surface area contributed by atoms with E-state index in [1.54, 1.807) is 18.2 Å². The molecule has 2 aromatic carbocycles. The van der Waals surface area contributed by atoms with Gasteiger partial charge in [-0.3, -0.25) is 0 Å². The first-order chi connectivity index (χ1) is 10.0. The van der Waals surface area contributed by atoms with E-state index in [0.29, 0.717) is 23.0 Å². The summed E-state index contributed by atoms with van der Waals surface area (Å²) in [5, 5.41) is 3.35. The average Bonchev–Trinajstić information content (AvgIpc) is 2.46. The molecule has 1 atom stereocenters. The SMILES string of the molecule is CCNC(Cc1cccc(Cl)c1F)c1cccc(F)c1Br. The molecule has 0 aliphatic carbocycles. The molecule has 5 heteroatoms. The molecule has 0 aromatic heterocycles. The van der Waals surface area contributed by atoms with E-state index in [4.69, 9.17) is 11.6 Å². The van der Waals surface area contributed by atoms with Crippen molar-refractivity contribution in [2.45, 2.75) is 19.4 Å². The third kappa shape index (κ3) is 3.82. The molecular formula is C16H15BrClF2N. The standard InChI is InChI=1S/C16H15BrClF2N/c1-2-21-14(11-6-4-8-13(19)15(11)17)9-10-5-3-7-12(18)16(10)20/h3-8,14,21H,2,9H2,1H3. The molecule has 1 N–H and O–H groups in total. The normalized spacial score (nSPS) is 12.4. The quantitative estimate of drug-likeness (QED) is 0.751. The fraction of sp³-hybridized carbons (Fsp3) is 0.250. The molecule has 0 bridgehead atoms. The summed E-state index contributed by atoms with van der Waals surface area (Å²) in [5.74, 6) is -0.753. The van der Waals surface area contributed by atoms with Gasteiger partial charge in [-0.2, -0.15) is 0 Å². The number of benzene rings is 2. The molecule has 0 radical (unpaired) electrons. The van der Waals surface area contributed by atoms with E-state index < -0.39 is 5.82 Å². The van der Waals surface area contributed by atoms with Crippen LogP contribution in [0.15, 0.2) is 40.9 Å². The fourth-order valence-corrected chi connectivity index (χ4v) is 2.99. The van der Waals surface area contributed by atoms with Crippen molar-refractivity contribution in [3.05, 3.63) is 68.7 Å². The van der Waals surface area contributed by atoms with Gasteiger partial charge < -0.3 is 5.32 Å². The monoisotopic (exact) mass is 373 g/mol. The largest absolute Gasteiger partial charge is 0.310 e. The highest BCUT2D eigenvalue weighted by Crippen LogP contribution is 2.30. The maximum atomic E-state index is 14.1. The van der Waals surface area contributed by atoms with E-state index in [-0.39, 0.29) is 16.9 Å². The highest BCUT2D eigenvalue weighted by molar-refractivity contribution is 9.10. The van der Waals surface area contributed by atoms with Crippen LogP contribution in [0.4, 0.5) is 8.78 Å². The first-order valence-corrected chi connectivity index (χ1v) is 7.81. The molecule has 2 rings (SSSR count). The number of hydrogen-bond donors (Lipinski definition) is 1. The van der Waals surface area contributed by atoms with Gasteiger partial charge in [-0.15, -0.1) is 0 Å². The van der Waals surface area contributed by atoms with Crippen LogP contribution in [0.5, 0.6) is 0 Å². The Bertz CT molecular complexity index is 634. The Hall–Kier alpha value is -0.970. The number of halogens is 4. The Kier molecular flexibility index (Phi) is 5.73. The highest BCUT2D eigenvalue weighted by atomic mass is 79.9. The third-order valence-corrected chi connectivity index (χ3v) is 4.39. The van der Waals surface area contributed by atoms with Crippen LogP contribution in [0, 0.1) is 11.6 Å². The van der Waals surface area contributed by atoms with Crippen LogP contribution in [0.3, 0.4) is 0 Å². The van der Waals surface area contributed by atoms with Crippen molar-refractivity contribution in [2.75, 3.05) is 6.54 Å². The van der Waals surface area contributed by atoms with Gasteiger partial charge in [-0.05, 0) is 52.2 Å². The number of rotatable bonds is 5. The first-order valence-electron chi connectivity index (χ1n) is 6.64. The summed E-state index contributed by atoms with van der Waals surface area (Å²) >= 11 is 9.07. The molecular weight excluding hydrogens is 360 g/mol. The Morgan fingerprint density at radius 1 is 1.19 bits per heavy atom. The summed E-state index contributed by atoms with van der Waals surface area (Å²) < 4.78 is 28.1. The lowest BCUT2D eigenvalue weighted by molar-refractivity contribution is 0.521. The highest BCUT2D eigenvalue weighted by Gasteiger charge is 2.18. The molecule has 0 spiro atoms. The fourth-order valence-electron chi connectivity index (χ4n) is 2.25. The van der Waals surface area contributed by atoms with Gasteiger partial charge in [0, 0.05) is 6.04 Å². The predicted octanol–water partition coefficient (Wildman–Crippen LogP) is 5.27. The van der Waals surface area contributed by atoms with Crippen LogP contribution in [0.2, 0.25) is 5.02 Å². The molecule has 0 aliphatic rings. The van der Waals surface area contributed by atoms with Crippen molar-refractivity contribution in [1.29, 1.82) is 0 Å². The van der Waals surface area contributed by atoms with Crippen LogP contribution in [0.1, 0.15) is 24.1 Å². The zero-order chi connectivity index (χ0) is 15.4. The molecule has 21 heavy (non-hydrogen) atoms. The summed E-state index contributed by atoms with van der Waals surface area (Å²) in [4.78, 5) is 0. The second kappa shape index (κ2) is 7.34. The van der Waals surface area contributed by atoms with Gasteiger partial charge in [-0.25, -0.2) is 8.78 Å². The van der Waals surface area contributed by atoms with Crippen LogP contribution >= 0.6 is 27.5 Å². The van der Waals surface area contributed by atoms with Crippen LogP contribution < -0.4 is 5.32 Å². The van der Waals surface area contributed by atoms with Crippen molar-refractivity contribution >= 4 is 27.5 Å². The van der Waals surface area contributed by atoms with Gasteiger partial charge in [0.2, 0.25) is 0 Å². The molecule has 0 heterocycles. The second-order valence-corrected chi connectivity index (χ2v) is 5.87. The third-order valence-electron chi connectivity index (χ3n) is 3.26. The maximum absolute atomic E-state index is 14.1. The van der Waals surface area contributed by atoms with Gasteiger partial charge in [-0.1, -0.05) is 42.8 Å². The van der Waals surface area contributed by atoms with E-state index in [1.165, 1.54) is 12.1 Å². The van der Waals surface area contributed by atoms with E-state index >= 15 is 0 Å². The van der Waals surface area contributed by atoms with Crippen molar-refractivity contribution in [1.82, 2.24) is 5.32 Å². The predicted molar refractivity (Wildman–Crippen MR) is 85.6 cm³/mol. The lowest BCUT2D eigenvalue weighted by atomic mass is 9.98. The summed E-state index contributed by atoms with van der Waals surface area (Å²) in [6, 6.07) is 9.57. The van der Waals surface area contributed by atoms with Crippen LogP contribution in [0.25, 0.3) is 0 Å². The lowest BCUT2D eigenvalue weighted by Gasteiger charge is -2.20. The zero-order valence-electron chi connectivity index (χ0n) is 11.5. The van der Waals surface area contributed by atoms with Crippen molar-refractivity contribution in [2.24, 2.45) is 0 Å². The summed E-state index contributed by atoms with van der Waals surface area (Å²) in [6.07, 6.45) is 0.391. The van der Waals surface area contributed by atoms with Gasteiger partial charge in [0.25, 0.3) is 0 Å². The molecule has 0 fully saturated rings. The molecule has 0 aliphatic heterocycles. The minimum atomic E-state index is -0.422. The topological polar surface area (TPSA) is 12.0 Å². The van der Waals surface area contributed by atoms with Gasteiger partial charge >= 0.3 is 0 Å². The Labute approximate surface area is 136 Å². The molecule has 1 unspecified atom stereocenters. The van der Waals surface area contributed by atoms with E-state index in [9.17, 15) is 8.78 Å². The van der Waals surface area contributed by atoms with Gasteiger partial charge in [0.1, 0.15) is 11.6 Å². The van der Waals surface area contributed by atoms with Crippen LogP contribution in [-0.4, -0.2) is 6.54 Å². The van der Waals surface area contributed by atoms with E-state index in [1.807, 2.05) is 13.0 Å². The zero-order valence-corrected chi connectivity index (χ0v) is 13.8. The lowest BCUT2D eigenvalue weighted by Crippen LogP contribution is -2.24. The number of hydrogen-bond acceptors (Lipinski definition) is 1. The molecule has 1 nitrogen and oxygen atoms in total. The number of nitrogens with one attached hydrogen (secondary N) is 1. The first kappa shape index (κ1) is 16.4. The Morgan fingerprint density at radius 2 is 1.90 bits per heavy atom. The van der Waals surface area contributed by atoms with Gasteiger partial charge in [0.05, 0.1) is 9.50 Å². The van der Waals surface area contributed by atoms with Crippen molar-refractivity contribution in [3.63, 3.8) is 0 Å². The minimum absolute atomic E-state index is 0.0982. The summed E-state index contributed by atoms with van der Waals surface area (Å²) in [5.41, 5.74) is 1.26. The Balaban J connectivity index is 2.35. The van der Waals surface area contributed by atoms with Crippen molar-refractivity contribution in [3.8, 4) is 0 Å². The molecule has 112 valence electrons. The molecule has 0 saturated carbocycles. The summed E-state index contributed by atoms with van der Waals surface area (Å²) in [7, 11) is 0. The van der Waals surface area contributed by atoms with E-state index in [0.717, 1.165) is 5.56 Å². The smallest absolute Gasteiger partial charge is 0.145 e. The summed E-state index contributed by atoms with van der Waals surface area (Å²) in [6.45, 7) is 2.64. The average molecular weight is 375 g/mol. The second-order valence-electron chi connectivity index (χ2n) is 4.67. The van der Waals surface area contributed by atoms with Crippen molar-refractivity contribution < 1.29 is 8.78 Å². The minimum Gasteiger partial charge on any atom is -0.310 e.